The minimum Gasteiger partial charge on any atom is -0.612 e. The molecule has 0 fully saturated rings. The molecule has 130 valence electrons. The molecule has 0 spiro atoms. The number of benzene rings is 1. The van der Waals surface area contributed by atoms with Crippen LogP contribution < -0.4 is 11.5 Å². The van der Waals surface area contributed by atoms with Gasteiger partial charge in [0.15, 0.2) is 4.90 Å². The maximum Gasteiger partial charge on any atom is 0.414 e. The van der Waals surface area contributed by atoms with Crippen molar-refractivity contribution < 1.29 is 24.4 Å². The van der Waals surface area contributed by atoms with E-state index in [-0.39, 0.29) is 12.1 Å². The van der Waals surface area contributed by atoms with E-state index >= 15 is 0 Å². The Labute approximate surface area is 141 Å². The Morgan fingerprint density at radius 1 is 1.29 bits per heavy atom. The highest BCUT2D eigenvalue weighted by atomic mass is 32.2. The number of hydrogen-bond donors (Lipinski definition) is 5. The highest BCUT2D eigenvalue weighted by Gasteiger charge is 2.26. The second kappa shape index (κ2) is 7.22. The highest BCUT2D eigenvalue weighted by Crippen LogP contribution is 2.34. The zero-order chi connectivity index (χ0) is 18.0. The highest BCUT2D eigenvalue weighted by molar-refractivity contribution is 7.90. The van der Waals surface area contributed by atoms with Gasteiger partial charge in [0.05, 0.1) is 0 Å². The fourth-order valence-electron chi connectivity index (χ4n) is 2.75. The molecule has 9 heteroatoms. The monoisotopic (exact) mass is 353 g/mol. The standard InChI is InChI=1S/C13H17N3OS.C2H2O4/c1-18(17)8-2-3-12-9(6-8)10-4-7(14)5-11(15)13(10)16-12;3-1(4)2(5)6/h2-3,6-7,11,16H,4-5,14-15H2,1H3;(H,3,4)(H,5,6). The summed E-state index contributed by atoms with van der Waals surface area (Å²) in [5.41, 5.74) is 15.5. The predicted octanol–water partition coefficient (Wildman–Crippen LogP) is 0.334. The number of aliphatic carboxylic acids is 2. The lowest BCUT2D eigenvalue weighted by molar-refractivity contribution is -0.159. The van der Waals surface area contributed by atoms with Crippen LogP contribution in [0.5, 0.6) is 0 Å². The molecule has 0 saturated carbocycles. The first kappa shape index (κ1) is 18.3. The Hall–Kier alpha value is -2.07. The Kier molecular flexibility index (Phi) is 5.50. The molecule has 0 aliphatic heterocycles. The number of carbonyl (C=O) groups is 2. The van der Waals surface area contributed by atoms with Crippen LogP contribution in [0.4, 0.5) is 0 Å². The van der Waals surface area contributed by atoms with Crippen LogP contribution in [0.1, 0.15) is 23.7 Å². The van der Waals surface area contributed by atoms with Gasteiger partial charge in [-0.1, -0.05) is 0 Å². The summed E-state index contributed by atoms with van der Waals surface area (Å²) in [5.74, 6) is -3.65. The van der Waals surface area contributed by atoms with E-state index < -0.39 is 23.1 Å². The van der Waals surface area contributed by atoms with Gasteiger partial charge in [0.1, 0.15) is 6.26 Å². The van der Waals surface area contributed by atoms with Crippen molar-refractivity contribution in [2.75, 3.05) is 6.26 Å². The normalized spacial score (nSPS) is 20.7. The van der Waals surface area contributed by atoms with Gasteiger partial charge in [0, 0.05) is 34.7 Å². The van der Waals surface area contributed by atoms with Gasteiger partial charge in [0.2, 0.25) is 0 Å². The Balaban J connectivity index is 0.000000301. The lowest BCUT2D eigenvalue weighted by Crippen LogP contribution is -2.33. The number of hydrogen-bond acceptors (Lipinski definition) is 5. The van der Waals surface area contributed by atoms with Crippen molar-refractivity contribution in [2.24, 2.45) is 11.5 Å². The molecule has 1 aromatic carbocycles. The zero-order valence-electron chi connectivity index (χ0n) is 13.0. The summed E-state index contributed by atoms with van der Waals surface area (Å²) in [6.45, 7) is 0. The van der Waals surface area contributed by atoms with Crippen molar-refractivity contribution in [1.29, 1.82) is 0 Å². The molecule has 0 bridgehead atoms. The molecule has 1 aromatic heterocycles. The van der Waals surface area contributed by atoms with E-state index in [1.165, 1.54) is 5.56 Å². The summed E-state index contributed by atoms with van der Waals surface area (Å²) in [6.07, 6.45) is 3.34. The van der Waals surface area contributed by atoms with E-state index in [1.54, 1.807) is 6.26 Å². The molecule has 24 heavy (non-hydrogen) atoms. The molecule has 0 saturated heterocycles. The van der Waals surface area contributed by atoms with Crippen molar-refractivity contribution in [3.8, 4) is 0 Å². The van der Waals surface area contributed by atoms with Crippen LogP contribution in [0, 0.1) is 0 Å². The van der Waals surface area contributed by atoms with Gasteiger partial charge in [-0.25, -0.2) is 9.59 Å². The van der Waals surface area contributed by atoms with Crippen molar-refractivity contribution in [3.63, 3.8) is 0 Å². The van der Waals surface area contributed by atoms with Crippen molar-refractivity contribution in [1.82, 2.24) is 4.98 Å². The second-order valence-electron chi connectivity index (χ2n) is 5.60. The lowest BCUT2D eigenvalue weighted by Gasteiger charge is -2.24. The number of aromatic amines is 1. The quantitative estimate of drug-likeness (QED) is 0.364. The van der Waals surface area contributed by atoms with Crippen LogP contribution in [0.25, 0.3) is 10.9 Å². The molecular weight excluding hydrogens is 334 g/mol. The van der Waals surface area contributed by atoms with Crippen LogP contribution in [-0.2, 0) is 27.2 Å². The van der Waals surface area contributed by atoms with Gasteiger partial charge < -0.3 is 31.2 Å². The van der Waals surface area contributed by atoms with Crippen LogP contribution in [0.15, 0.2) is 23.1 Å². The minimum atomic E-state index is -1.82. The smallest absolute Gasteiger partial charge is 0.414 e. The summed E-state index contributed by atoms with van der Waals surface area (Å²) < 4.78 is 11.6. The van der Waals surface area contributed by atoms with Gasteiger partial charge in [-0.3, -0.25) is 0 Å². The Morgan fingerprint density at radius 3 is 2.46 bits per heavy atom. The number of aromatic nitrogens is 1. The molecular formula is C15H19N3O5S. The summed E-state index contributed by atoms with van der Waals surface area (Å²) in [4.78, 5) is 22.4. The first-order valence-corrected chi connectivity index (χ1v) is 8.71. The average molecular weight is 353 g/mol. The van der Waals surface area contributed by atoms with Gasteiger partial charge in [0.25, 0.3) is 0 Å². The number of H-pyrrole nitrogens is 1. The molecule has 3 atom stereocenters. The topological polar surface area (TPSA) is 165 Å². The van der Waals surface area contributed by atoms with Crippen LogP contribution >= 0.6 is 0 Å². The van der Waals surface area contributed by atoms with Crippen molar-refractivity contribution >= 4 is 34.0 Å². The number of nitrogens with one attached hydrogen (secondary N) is 1. The summed E-state index contributed by atoms with van der Waals surface area (Å²) in [7, 11) is 0. The number of nitrogens with two attached hydrogens (primary N) is 2. The van der Waals surface area contributed by atoms with E-state index in [0.717, 1.165) is 34.3 Å². The fraction of sp³-hybridized carbons (Fsp3) is 0.333. The molecule has 1 aliphatic carbocycles. The number of carboxylic acids is 2. The number of carboxylic acid groups (broad SMARTS) is 2. The molecule has 7 N–H and O–H groups in total. The van der Waals surface area contributed by atoms with Gasteiger partial charge in [-0.05, 0) is 41.7 Å². The third-order valence-corrected chi connectivity index (χ3v) is 4.74. The first-order chi connectivity index (χ1) is 11.2. The summed E-state index contributed by atoms with van der Waals surface area (Å²) in [6, 6.07) is 5.95. The predicted molar refractivity (Wildman–Crippen MR) is 89.1 cm³/mol. The maximum atomic E-state index is 11.6. The van der Waals surface area contributed by atoms with Gasteiger partial charge in [-0.2, -0.15) is 0 Å². The van der Waals surface area contributed by atoms with Crippen molar-refractivity contribution in [3.05, 3.63) is 29.5 Å². The van der Waals surface area contributed by atoms with E-state index in [0.29, 0.717) is 0 Å². The first-order valence-electron chi connectivity index (χ1n) is 7.16. The summed E-state index contributed by atoms with van der Waals surface area (Å²) >= 11 is -0.964. The molecule has 3 unspecified atom stereocenters. The van der Waals surface area contributed by atoms with Gasteiger partial charge in [-0.15, -0.1) is 0 Å². The average Bonchev–Trinajstić information content (AvgIpc) is 2.86. The molecule has 8 nitrogen and oxygen atoms in total. The Morgan fingerprint density at radius 2 is 1.92 bits per heavy atom. The minimum absolute atomic E-state index is 0.0216. The zero-order valence-corrected chi connectivity index (χ0v) is 13.8. The largest absolute Gasteiger partial charge is 0.612 e. The summed E-state index contributed by atoms with van der Waals surface area (Å²) in [5, 5.41) is 15.9. The van der Waals surface area contributed by atoms with Gasteiger partial charge >= 0.3 is 11.9 Å². The van der Waals surface area contributed by atoms with E-state index in [4.69, 9.17) is 31.3 Å². The lowest BCUT2D eigenvalue weighted by atomic mass is 9.89. The van der Waals surface area contributed by atoms with E-state index in [2.05, 4.69) is 4.98 Å². The van der Waals surface area contributed by atoms with Crippen LogP contribution in [0.2, 0.25) is 0 Å². The fourth-order valence-corrected chi connectivity index (χ4v) is 3.30. The SMILES string of the molecule is C[S+]([O-])c1ccc2[nH]c3c(c2c1)CC(N)CC3N.O=C(O)C(=O)O. The molecule has 0 amide bonds. The number of fused-ring (bicyclic) bond motifs is 3. The van der Waals surface area contributed by atoms with Crippen LogP contribution in [0.3, 0.4) is 0 Å². The maximum absolute atomic E-state index is 11.6. The molecule has 1 aliphatic rings. The molecule has 2 aromatic rings. The van der Waals surface area contributed by atoms with Crippen molar-refractivity contribution in [2.45, 2.75) is 29.8 Å². The Bertz CT molecular complexity index is 762. The second-order valence-corrected chi connectivity index (χ2v) is 6.98. The molecule has 1 heterocycles. The third-order valence-electron chi connectivity index (χ3n) is 3.82. The molecule has 0 radical (unpaired) electrons. The van der Waals surface area contributed by atoms with Crippen LogP contribution in [-0.4, -0.2) is 44.0 Å². The third kappa shape index (κ3) is 3.88. The van der Waals surface area contributed by atoms with E-state index in [1.807, 2.05) is 18.2 Å². The molecule has 3 rings (SSSR count). The number of rotatable bonds is 1. The van der Waals surface area contributed by atoms with E-state index in [9.17, 15) is 4.55 Å².